The van der Waals surface area contributed by atoms with Crippen molar-refractivity contribution in [3.63, 3.8) is 0 Å². The Kier molecular flexibility index (Phi) is 1.88. The zero-order valence-corrected chi connectivity index (χ0v) is 5.63. The third kappa shape index (κ3) is 1.56. The largest absolute Gasteiger partial charge is 0.320 e. The minimum atomic E-state index is 0.144. The van der Waals surface area contributed by atoms with Crippen LogP contribution in [0.15, 0.2) is 12.3 Å². The smallest absolute Gasteiger partial charge is 0.223 e. The Balaban J connectivity index is 2.50. The highest BCUT2D eigenvalue weighted by Crippen LogP contribution is 2.04. The molecule has 0 radical (unpaired) electrons. The lowest BCUT2D eigenvalue weighted by molar-refractivity contribution is -0.126. The molecule has 0 saturated heterocycles. The summed E-state index contributed by atoms with van der Waals surface area (Å²) in [6.07, 6.45) is 6.12. The van der Waals surface area contributed by atoms with E-state index >= 15 is 0 Å². The van der Waals surface area contributed by atoms with Crippen LogP contribution in [0.4, 0.5) is 0 Å². The molecule has 0 atom stereocenters. The number of hydrogen-bond donors (Lipinski definition) is 0. The average molecular weight is 125 g/mol. The van der Waals surface area contributed by atoms with E-state index < -0.39 is 0 Å². The van der Waals surface area contributed by atoms with Crippen LogP contribution < -0.4 is 0 Å². The van der Waals surface area contributed by atoms with E-state index in [0.29, 0.717) is 0 Å². The fourth-order valence-corrected chi connectivity index (χ4v) is 0.918. The van der Waals surface area contributed by atoms with E-state index in [9.17, 15) is 4.79 Å². The third-order valence-corrected chi connectivity index (χ3v) is 1.46. The molecule has 0 fully saturated rings. The summed E-state index contributed by atoms with van der Waals surface area (Å²) in [7, 11) is 0. The number of hydrogen-bond acceptors (Lipinski definition) is 1. The fourth-order valence-electron chi connectivity index (χ4n) is 0.918. The van der Waals surface area contributed by atoms with Gasteiger partial charge in [0, 0.05) is 19.7 Å². The fraction of sp³-hybridized carbons (Fsp3) is 0.571. The molecule has 50 valence electrons. The molecule has 0 aromatic heterocycles. The summed E-state index contributed by atoms with van der Waals surface area (Å²) in [5, 5.41) is 0. The number of rotatable bonds is 0. The Morgan fingerprint density at radius 1 is 1.67 bits per heavy atom. The molecule has 2 heteroatoms. The molecule has 0 bridgehead atoms. The Labute approximate surface area is 55.2 Å². The van der Waals surface area contributed by atoms with Crippen molar-refractivity contribution in [3.05, 3.63) is 12.3 Å². The van der Waals surface area contributed by atoms with E-state index in [4.69, 9.17) is 0 Å². The highest BCUT2D eigenvalue weighted by molar-refractivity contribution is 5.74. The lowest BCUT2D eigenvalue weighted by atomic mass is 10.2. The summed E-state index contributed by atoms with van der Waals surface area (Å²) in [6.45, 7) is 2.49. The molecule has 0 N–H and O–H groups in total. The van der Waals surface area contributed by atoms with Gasteiger partial charge >= 0.3 is 0 Å². The lowest BCUT2D eigenvalue weighted by Gasteiger charge is -2.18. The van der Waals surface area contributed by atoms with Crippen molar-refractivity contribution in [2.24, 2.45) is 0 Å². The summed E-state index contributed by atoms with van der Waals surface area (Å²) in [6, 6.07) is 0. The second-order valence-corrected chi connectivity index (χ2v) is 2.24. The number of nitrogens with zero attached hydrogens (tertiary/aromatic N) is 1. The number of allylic oxidation sites excluding steroid dienone is 1. The van der Waals surface area contributed by atoms with E-state index in [0.717, 1.165) is 19.4 Å². The van der Waals surface area contributed by atoms with Crippen LogP contribution in [0, 0.1) is 0 Å². The van der Waals surface area contributed by atoms with Gasteiger partial charge in [0.25, 0.3) is 0 Å². The quantitative estimate of drug-likeness (QED) is 0.475. The SMILES string of the molecule is CC(=O)N1C=CCCC1. The third-order valence-electron chi connectivity index (χ3n) is 1.46. The van der Waals surface area contributed by atoms with E-state index in [-0.39, 0.29) is 5.91 Å². The molecule has 1 aliphatic rings. The maximum atomic E-state index is 10.7. The van der Waals surface area contributed by atoms with Gasteiger partial charge in [-0.1, -0.05) is 6.08 Å². The maximum absolute atomic E-state index is 10.7. The van der Waals surface area contributed by atoms with Gasteiger partial charge < -0.3 is 4.90 Å². The molecule has 0 unspecified atom stereocenters. The predicted molar refractivity (Wildman–Crippen MR) is 35.8 cm³/mol. The first-order valence-electron chi connectivity index (χ1n) is 3.24. The normalized spacial score (nSPS) is 18.1. The highest BCUT2D eigenvalue weighted by Gasteiger charge is 2.05. The first kappa shape index (κ1) is 6.33. The summed E-state index contributed by atoms with van der Waals surface area (Å²) < 4.78 is 0. The van der Waals surface area contributed by atoms with Gasteiger partial charge in [0.2, 0.25) is 5.91 Å². The van der Waals surface area contributed by atoms with Crippen molar-refractivity contribution in [1.29, 1.82) is 0 Å². The van der Waals surface area contributed by atoms with Gasteiger partial charge in [-0.15, -0.1) is 0 Å². The zero-order chi connectivity index (χ0) is 6.69. The first-order valence-corrected chi connectivity index (χ1v) is 3.24. The standard InChI is InChI=1S/C7H11NO/c1-7(9)8-5-3-2-4-6-8/h3,5H,2,4,6H2,1H3. The molecule has 0 aromatic carbocycles. The van der Waals surface area contributed by atoms with Crippen molar-refractivity contribution in [3.8, 4) is 0 Å². The number of carbonyl (C=O) groups excluding carboxylic acids is 1. The van der Waals surface area contributed by atoms with Crippen LogP contribution in [-0.4, -0.2) is 17.4 Å². The summed E-state index contributed by atoms with van der Waals surface area (Å²) in [5.74, 6) is 0.144. The minimum Gasteiger partial charge on any atom is -0.320 e. The Morgan fingerprint density at radius 3 is 2.78 bits per heavy atom. The van der Waals surface area contributed by atoms with Gasteiger partial charge in [-0.2, -0.15) is 0 Å². The monoisotopic (exact) mass is 125 g/mol. The molecule has 1 heterocycles. The Hall–Kier alpha value is -0.790. The van der Waals surface area contributed by atoms with Gasteiger partial charge in [-0.25, -0.2) is 0 Å². The van der Waals surface area contributed by atoms with Crippen molar-refractivity contribution in [1.82, 2.24) is 4.90 Å². The van der Waals surface area contributed by atoms with Crippen LogP contribution in [0.2, 0.25) is 0 Å². The van der Waals surface area contributed by atoms with Crippen LogP contribution in [0.1, 0.15) is 19.8 Å². The molecule has 1 rings (SSSR count). The lowest BCUT2D eigenvalue weighted by Crippen LogP contribution is -2.25. The Morgan fingerprint density at radius 2 is 2.44 bits per heavy atom. The van der Waals surface area contributed by atoms with Crippen LogP contribution in [-0.2, 0) is 4.79 Å². The van der Waals surface area contributed by atoms with Crippen molar-refractivity contribution >= 4 is 5.91 Å². The van der Waals surface area contributed by atoms with Crippen molar-refractivity contribution in [2.45, 2.75) is 19.8 Å². The molecule has 0 aromatic rings. The summed E-state index contributed by atoms with van der Waals surface area (Å²) in [4.78, 5) is 12.4. The number of carbonyl (C=O) groups is 1. The van der Waals surface area contributed by atoms with Crippen LogP contribution in [0.5, 0.6) is 0 Å². The van der Waals surface area contributed by atoms with Gasteiger partial charge in [-0.05, 0) is 12.8 Å². The Bertz CT molecular complexity index is 140. The van der Waals surface area contributed by atoms with Gasteiger partial charge in [0.05, 0.1) is 0 Å². The van der Waals surface area contributed by atoms with Crippen molar-refractivity contribution < 1.29 is 4.79 Å². The minimum absolute atomic E-state index is 0.144. The molecule has 2 nitrogen and oxygen atoms in total. The first-order chi connectivity index (χ1) is 4.30. The molecule has 0 aliphatic carbocycles. The van der Waals surface area contributed by atoms with Gasteiger partial charge in [0.1, 0.15) is 0 Å². The van der Waals surface area contributed by atoms with E-state index in [1.165, 1.54) is 0 Å². The zero-order valence-electron chi connectivity index (χ0n) is 5.63. The van der Waals surface area contributed by atoms with Gasteiger partial charge in [-0.3, -0.25) is 4.79 Å². The molecule has 1 aliphatic heterocycles. The molecule has 1 amide bonds. The average Bonchev–Trinajstić information content (AvgIpc) is 1.90. The van der Waals surface area contributed by atoms with Crippen LogP contribution in [0.3, 0.4) is 0 Å². The topological polar surface area (TPSA) is 20.3 Å². The van der Waals surface area contributed by atoms with Crippen LogP contribution in [0.25, 0.3) is 0 Å². The maximum Gasteiger partial charge on any atom is 0.223 e. The summed E-state index contributed by atoms with van der Waals surface area (Å²) >= 11 is 0. The van der Waals surface area contributed by atoms with Crippen LogP contribution >= 0.6 is 0 Å². The second-order valence-electron chi connectivity index (χ2n) is 2.24. The molecule has 9 heavy (non-hydrogen) atoms. The van der Waals surface area contributed by atoms with E-state index in [1.807, 2.05) is 12.3 Å². The molecule has 0 saturated carbocycles. The van der Waals surface area contributed by atoms with Gasteiger partial charge in [0.15, 0.2) is 0 Å². The van der Waals surface area contributed by atoms with E-state index in [1.54, 1.807) is 11.8 Å². The summed E-state index contributed by atoms with van der Waals surface area (Å²) in [5.41, 5.74) is 0. The van der Waals surface area contributed by atoms with E-state index in [2.05, 4.69) is 0 Å². The number of amides is 1. The molecule has 0 spiro atoms. The predicted octanol–water partition coefficient (Wildman–Crippen LogP) is 1.14. The second kappa shape index (κ2) is 2.67. The molecular formula is C7H11NO. The molecular weight excluding hydrogens is 114 g/mol. The highest BCUT2D eigenvalue weighted by atomic mass is 16.2. The van der Waals surface area contributed by atoms with Crippen molar-refractivity contribution in [2.75, 3.05) is 6.54 Å².